The summed E-state index contributed by atoms with van der Waals surface area (Å²) in [4.78, 5) is 12.2. The first kappa shape index (κ1) is 18.7. The van der Waals surface area contributed by atoms with E-state index in [0.717, 1.165) is 30.0 Å². The molecule has 0 radical (unpaired) electrons. The van der Waals surface area contributed by atoms with Crippen LogP contribution in [0.25, 0.3) is 0 Å². The summed E-state index contributed by atoms with van der Waals surface area (Å²) in [7, 11) is 0. The van der Waals surface area contributed by atoms with Gasteiger partial charge in [-0.2, -0.15) is 10.2 Å². The second-order valence-electron chi connectivity index (χ2n) is 6.59. The fraction of sp³-hybridized carbons (Fsp3) is 0.350. The quantitative estimate of drug-likeness (QED) is 0.621. The van der Waals surface area contributed by atoms with Crippen LogP contribution in [0.1, 0.15) is 33.7 Å². The van der Waals surface area contributed by atoms with Crippen LogP contribution in [0.2, 0.25) is 0 Å². The molecule has 2 aromatic heterocycles. The van der Waals surface area contributed by atoms with Crippen LogP contribution < -0.4 is 10.1 Å². The number of nitrogens with one attached hydrogen (secondary N) is 1. The van der Waals surface area contributed by atoms with E-state index in [2.05, 4.69) is 21.6 Å². The SMILES string of the molecule is Cc1ccc(OCn2ccc(C(=O)NCCCn3nccc3C)n2)c(C)c1. The Bertz CT molecular complexity index is 913. The van der Waals surface area contributed by atoms with E-state index in [1.165, 1.54) is 5.56 Å². The van der Waals surface area contributed by atoms with Gasteiger partial charge in [-0.25, -0.2) is 4.68 Å². The topological polar surface area (TPSA) is 74.0 Å². The zero-order chi connectivity index (χ0) is 19.2. The van der Waals surface area contributed by atoms with Crippen molar-refractivity contribution in [1.29, 1.82) is 0 Å². The number of ether oxygens (including phenoxy) is 1. The standard InChI is InChI=1S/C20H25N5O2/c1-15-5-6-19(16(2)13-15)27-14-24-12-8-18(23-24)20(26)21-9-4-11-25-17(3)7-10-22-25/h5-8,10,12-13H,4,9,11,14H2,1-3H3,(H,21,26). The normalized spacial score (nSPS) is 10.8. The van der Waals surface area contributed by atoms with E-state index in [0.29, 0.717) is 12.2 Å². The first-order valence-electron chi connectivity index (χ1n) is 9.03. The van der Waals surface area contributed by atoms with E-state index >= 15 is 0 Å². The van der Waals surface area contributed by atoms with E-state index in [9.17, 15) is 4.79 Å². The van der Waals surface area contributed by atoms with E-state index < -0.39 is 0 Å². The average Bonchev–Trinajstić information content (AvgIpc) is 3.27. The van der Waals surface area contributed by atoms with Gasteiger partial charge in [-0.3, -0.25) is 9.48 Å². The van der Waals surface area contributed by atoms with Crippen LogP contribution in [-0.4, -0.2) is 32.0 Å². The van der Waals surface area contributed by atoms with Gasteiger partial charge in [-0.1, -0.05) is 17.7 Å². The summed E-state index contributed by atoms with van der Waals surface area (Å²) in [5.74, 6) is 0.633. The van der Waals surface area contributed by atoms with Gasteiger partial charge >= 0.3 is 0 Å². The highest BCUT2D eigenvalue weighted by atomic mass is 16.5. The van der Waals surface area contributed by atoms with Crippen LogP contribution in [0, 0.1) is 20.8 Å². The third-order valence-electron chi connectivity index (χ3n) is 4.32. The summed E-state index contributed by atoms with van der Waals surface area (Å²) < 4.78 is 9.32. The number of amides is 1. The molecule has 0 aliphatic carbocycles. The van der Waals surface area contributed by atoms with Gasteiger partial charge in [0.1, 0.15) is 11.4 Å². The molecule has 0 spiro atoms. The van der Waals surface area contributed by atoms with Crippen molar-refractivity contribution in [2.24, 2.45) is 0 Å². The summed E-state index contributed by atoms with van der Waals surface area (Å²) in [6.07, 6.45) is 4.33. The van der Waals surface area contributed by atoms with Crippen LogP contribution in [0.4, 0.5) is 0 Å². The molecule has 0 bridgehead atoms. The zero-order valence-corrected chi connectivity index (χ0v) is 16.0. The second kappa shape index (κ2) is 8.53. The highest BCUT2D eigenvalue weighted by Gasteiger charge is 2.09. The Labute approximate surface area is 159 Å². The van der Waals surface area contributed by atoms with Crippen molar-refractivity contribution in [2.45, 2.75) is 40.5 Å². The number of rotatable bonds is 8. The predicted molar refractivity (Wildman–Crippen MR) is 103 cm³/mol. The fourth-order valence-corrected chi connectivity index (χ4v) is 2.81. The molecule has 2 heterocycles. The van der Waals surface area contributed by atoms with E-state index in [1.807, 2.05) is 43.7 Å². The number of aryl methyl sites for hydroxylation is 4. The predicted octanol–water partition coefficient (Wildman–Crippen LogP) is 2.86. The summed E-state index contributed by atoms with van der Waals surface area (Å²) in [5, 5.41) is 11.4. The van der Waals surface area contributed by atoms with Crippen LogP contribution in [-0.2, 0) is 13.3 Å². The maximum atomic E-state index is 12.2. The van der Waals surface area contributed by atoms with Gasteiger partial charge in [0.05, 0.1) is 0 Å². The van der Waals surface area contributed by atoms with E-state index in [1.54, 1.807) is 23.1 Å². The fourth-order valence-electron chi connectivity index (χ4n) is 2.81. The molecule has 1 N–H and O–H groups in total. The Morgan fingerprint density at radius 1 is 1.19 bits per heavy atom. The van der Waals surface area contributed by atoms with Gasteiger partial charge in [-0.05, 0) is 51.0 Å². The highest BCUT2D eigenvalue weighted by molar-refractivity contribution is 5.92. The van der Waals surface area contributed by atoms with Gasteiger partial charge in [0, 0.05) is 31.2 Å². The van der Waals surface area contributed by atoms with Crippen molar-refractivity contribution < 1.29 is 9.53 Å². The molecule has 0 aliphatic heterocycles. The molecule has 3 rings (SSSR count). The smallest absolute Gasteiger partial charge is 0.271 e. The molecule has 1 aromatic carbocycles. The lowest BCUT2D eigenvalue weighted by atomic mass is 10.1. The first-order chi connectivity index (χ1) is 13.0. The van der Waals surface area contributed by atoms with Crippen molar-refractivity contribution in [2.75, 3.05) is 6.54 Å². The van der Waals surface area contributed by atoms with Gasteiger partial charge in [0.25, 0.3) is 5.91 Å². The maximum Gasteiger partial charge on any atom is 0.271 e. The molecule has 0 fully saturated rings. The van der Waals surface area contributed by atoms with Crippen LogP contribution in [0.15, 0.2) is 42.7 Å². The minimum atomic E-state index is -0.183. The minimum absolute atomic E-state index is 0.183. The third kappa shape index (κ3) is 4.97. The average molecular weight is 367 g/mol. The zero-order valence-electron chi connectivity index (χ0n) is 16.0. The van der Waals surface area contributed by atoms with Crippen molar-refractivity contribution in [3.63, 3.8) is 0 Å². The molecule has 3 aromatic rings. The van der Waals surface area contributed by atoms with Crippen molar-refractivity contribution in [3.05, 3.63) is 65.2 Å². The lowest BCUT2D eigenvalue weighted by Crippen LogP contribution is -2.26. The Morgan fingerprint density at radius 2 is 2.04 bits per heavy atom. The number of aromatic nitrogens is 4. The van der Waals surface area contributed by atoms with Crippen LogP contribution in [0.3, 0.4) is 0 Å². The largest absolute Gasteiger partial charge is 0.471 e. The highest BCUT2D eigenvalue weighted by Crippen LogP contribution is 2.19. The first-order valence-corrected chi connectivity index (χ1v) is 9.03. The number of nitrogens with zero attached hydrogens (tertiary/aromatic N) is 4. The van der Waals surface area contributed by atoms with Gasteiger partial charge in [0.2, 0.25) is 0 Å². The van der Waals surface area contributed by atoms with E-state index in [4.69, 9.17) is 4.74 Å². The molecular formula is C20H25N5O2. The monoisotopic (exact) mass is 367 g/mol. The van der Waals surface area contributed by atoms with Crippen molar-refractivity contribution >= 4 is 5.91 Å². The lowest BCUT2D eigenvalue weighted by Gasteiger charge is -2.09. The molecule has 0 unspecified atom stereocenters. The summed E-state index contributed by atoms with van der Waals surface area (Å²) >= 11 is 0. The van der Waals surface area contributed by atoms with Crippen LogP contribution >= 0.6 is 0 Å². The van der Waals surface area contributed by atoms with Crippen molar-refractivity contribution in [1.82, 2.24) is 24.9 Å². The Balaban J connectivity index is 1.45. The Kier molecular flexibility index (Phi) is 5.90. The number of benzene rings is 1. The van der Waals surface area contributed by atoms with E-state index in [-0.39, 0.29) is 12.6 Å². The molecule has 1 amide bonds. The Hall–Kier alpha value is -3.09. The van der Waals surface area contributed by atoms with Crippen molar-refractivity contribution in [3.8, 4) is 5.75 Å². The van der Waals surface area contributed by atoms with Gasteiger partial charge in [0.15, 0.2) is 6.73 Å². The third-order valence-corrected chi connectivity index (χ3v) is 4.32. The number of hydrogen-bond donors (Lipinski definition) is 1. The molecule has 0 saturated heterocycles. The van der Waals surface area contributed by atoms with Gasteiger partial charge < -0.3 is 10.1 Å². The molecular weight excluding hydrogens is 342 g/mol. The number of carbonyl (C=O) groups is 1. The molecule has 27 heavy (non-hydrogen) atoms. The second-order valence-corrected chi connectivity index (χ2v) is 6.59. The maximum absolute atomic E-state index is 12.2. The molecule has 0 atom stereocenters. The summed E-state index contributed by atoms with van der Waals surface area (Å²) in [6, 6.07) is 9.68. The molecule has 142 valence electrons. The molecule has 7 heteroatoms. The molecule has 0 saturated carbocycles. The number of carbonyl (C=O) groups excluding carboxylic acids is 1. The molecule has 0 aliphatic rings. The summed E-state index contributed by atoms with van der Waals surface area (Å²) in [6.45, 7) is 7.68. The van der Waals surface area contributed by atoms with Gasteiger partial charge in [-0.15, -0.1) is 0 Å². The van der Waals surface area contributed by atoms with Crippen LogP contribution in [0.5, 0.6) is 5.75 Å². The lowest BCUT2D eigenvalue weighted by molar-refractivity contribution is 0.0945. The number of hydrogen-bond acceptors (Lipinski definition) is 4. The Morgan fingerprint density at radius 3 is 2.78 bits per heavy atom. The minimum Gasteiger partial charge on any atom is -0.471 e. The summed E-state index contributed by atoms with van der Waals surface area (Å²) in [5.41, 5.74) is 3.77. The molecule has 7 nitrogen and oxygen atoms in total.